The Morgan fingerprint density at radius 3 is 2.74 bits per heavy atom. The third kappa shape index (κ3) is 3.38. The maximum absolute atomic E-state index is 8.99. The SMILES string of the molecule is CCOc1ccc(-c2cnnn2Cc2cccc(C#N)c2)cc1. The highest BCUT2D eigenvalue weighted by Gasteiger charge is 2.08. The Kier molecular flexibility index (Phi) is 4.34. The molecule has 0 aliphatic heterocycles. The zero-order valence-electron chi connectivity index (χ0n) is 12.8. The predicted molar refractivity (Wildman–Crippen MR) is 86.9 cm³/mol. The van der Waals surface area contributed by atoms with Crippen molar-refractivity contribution in [3.8, 4) is 23.1 Å². The number of rotatable bonds is 5. The van der Waals surface area contributed by atoms with Crippen LogP contribution in [-0.4, -0.2) is 21.6 Å². The minimum Gasteiger partial charge on any atom is -0.494 e. The number of aromatic nitrogens is 3. The molecular weight excluding hydrogens is 288 g/mol. The Bertz CT molecular complexity index is 831. The van der Waals surface area contributed by atoms with Crippen molar-refractivity contribution in [3.05, 3.63) is 65.9 Å². The third-order valence-corrected chi connectivity index (χ3v) is 3.47. The summed E-state index contributed by atoms with van der Waals surface area (Å²) in [5.41, 5.74) is 3.61. The van der Waals surface area contributed by atoms with Gasteiger partial charge in [0.25, 0.3) is 0 Å². The van der Waals surface area contributed by atoms with Gasteiger partial charge >= 0.3 is 0 Å². The lowest BCUT2D eigenvalue weighted by Gasteiger charge is -2.08. The minimum absolute atomic E-state index is 0.568. The van der Waals surface area contributed by atoms with Crippen LogP contribution in [0.15, 0.2) is 54.7 Å². The maximum atomic E-state index is 8.99. The second-order valence-electron chi connectivity index (χ2n) is 5.05. The minimum atomic E-state index is 0.568. The van der Waals surface area contributed by atoms with Crippen molar-refractivity contribution in [2.24, 2.45) is 0 Å². The molecule has 0 atom stereocenters. The van der Waals surface area contributed by atoms with E-state index in [0.717, 1.165) is 22.6 Å². The van der Waals surface area contributed by atoms with Gasteiger partial charge in [-0.25, -0.2) is 4.68 Å². The fourth-order valence-corrected chi connectivity index (χ4v) is 2.40. The molecule has 0 unspecified atom stereocenters. The van der Waals surface area contributed by atoms with Crippen LogP contribution in [0.2, 0.25) is 0 Å². The third-order valence-electron chi connectivity index (χ3n) is 3.47. The van der Waals surface area contributed by atoms with Gasteiger partial charge in [-0.1, -0.05) is 17.3 Å². The molecule has 0 aliphatic carbocycles. The molecule has 3 aromatic rings. The monoisotopic (exact) mass is 304 g/mol. The second-order valence-corrected chi connectivity index (χ2v) is 5.05. The molecule has 0 fully saturated rings. The van der Waals surface area contributed by atoms with Crippen LogP contribution in [0.4, 0.5) is 0 Å². The normalized spacial score (nSPS) is 10.3. The zero-order valence-corrected chi connectivity index (χ0v) is 12.8. The quantitative estimate of drug-likeness (QED) is 0.725. The highest BCUT2D eigenvalue weighted by molar-refractivity contribution is 5.59. The van der Waals surface area contributed by atoms with Crippen LogP contribution in [0.5, 0.6) is 5.75 Å². The summed E-state index contributed by atoms with van der Waals surface area (Å²) in [5.74, 6) is 0.844. The van der Waals surface area contributed by atoms with Crippen LogP contribution < -0.4 is 4.74 Å². The van der Waals surface area contributed by atoms with Crippen LogP contribution in [0.3, 0.4) is 0 Å². The predicted octanol–water partition coefficient (Wildman–Crippen LogP) is 3.26. The molecule has 3 rings (SSSR count). The summed E-state index contributed by atoms with van der Waals surface area (Å²) in [4.78, 5) is 0. The van der Waals surface area contributed by atoms with Gasteiger partial charge in [-0.15, -0.1) is 5.10 Å². The molecule has 0 spiro atoms. The molecule has 5 heteroatoms. The molecule has 0 saturated carbocycles. The number of hydrogen-bond acceptors (Lipinski definition) is 4. The van der Waals surface area contributed by atoms with Gasteiger partial charge in [-0.05, 0) is 48.9 Å². The molecule has 0 radical (unpaired) electrons. The van der Waals surface area contributed by atoms with E-state index in [-0.39, 0.29) is 0 Å². The van der Waals surface area contributed by atoms with Crippen molar-refractivity contribution < 1.29 is 4.74 Å². The van der Waals surface area contributed by atoms with Crippen molar-refractivity contribution in [3.63, 3.8) is 0 Å². The van der Waals surface area contributed by atoms with E-state index in [2.05, 4.69) is 16.4 Å². The summed E-state index contributed by atoms with van der Waals surface area (Å²) < 4.78 is 7.29. The number of nitriles is 1. The van der Waals surface area contributed by atoms with Gasteiger partial charge < -0.3 is 4.74 Å². The summed E-state index contributed by atoms with van der Waals surface area (Å²) in [6.07, 6.45) is 1.74. The molecule has 1 aromatic heterocycles. The molecule has 1 heterocycles. The first-order valence-corrected chi connectivity index (χ1v) is 7.41. The standard InChI is InChI=1S/C18H16N4O/c1-2-23-17-8-6-16(7-9-17)18-12-20-21-22(18)13-15-5-3-4-14(10-15)11-19/h3-10,12H,2,13H2,1H3. The van der Waals surface area contributed by atoms with E-state index < -0.39 is 0 Å². The lowest BCUT2D eigenvalue weighted by molar-refractivity contribution is 0.340. The lowest BCUT2D eigenvalue weighted by Crippen LogP contribution is -2.04. The highest BCUT2D eigenvalue weighted by atomic mass is 16.5. The van der Waals surface area contributed by atoms with E-state index in [1.807, 2.05) is 54.1 Å². The van der Waals surface area contributed by atoms with E-state index >= 15 is 0 Å². The average molecular weight is 304 g/mol. The van der Waals surface area contributed by atoms with Crippen LogP contribution in [0.25, 0.3) is 11.3 Å². The van der Waals surface area contributed by atoms with Gasteiger partial charge in [0.1, 0.15) is 5.75 Å². The van der Waals surface area contributed by atoms with Crippen molar-refractivity contribution in [1.29, 1.82) is 5.26 Å². The van der Waals surface area contributed by atoms with E-state index in [1.54, 1.807) is 12.3 Å². The summed E-state index contributed by atoms with van der Waals surface area (Å²) in [6, 6.07) is 17.5. The van der Waals surface area contributed by atoms with Crippen molar-refractivity contribution >= 4 is 0 Å². The van der Waals surface area contributed by atoms with Crippen LogP contribution in [0.1, 0.15) is 18.1 Å². The molecule has 5 nitrogen and oxygen atoms in total. The molecule has 0 aliphatic rings. The molecule has 2 aromatic carbocycles. The first-order chi connectivity index (χ1) is 11.3. The first kappa shape index (κ1) is 14.8. The number of hydrogen-bond donors (Lipinski definition) is 0. The van der Waals surface area contributed by atoms with Gasteiger partial charge in [0.2, 0.25) is 0 Å². The Hall–Kier alpha value is -3.13. The lowest BCUT2D eigenvalue weighted by atomic mass is 10.1. The van der Waals surface area contributed by atoms with Gasteiger partial charge in [0.15, 0.2) is 0 Å². The summed E-state index contributed by atoms with van der Waals surface area (Å²) in [6.45, 7) is 3.17. The molecule has 0 N–H and O–H groups in total. The summed E-state index contributed by atoms with van der Waals surface area (Å²) in [7, 11) is 0. The Morgan fingerprint density at radius 1 is 1.17 bits per heavy atom. The zero-order chi connectivity index (χ0) is 16.1. The number of nitrogens with zero attached hydrogens (tertiary/aromatic N) is 4. The van der Waals surface area contributed by atoms with Gasteiger partial charge in [-0.3, -0.25) is 0 Å². The van der Waals surface area contributed by atoms with Crippen molar-refractivity contribution in [2.45, 2.75) is 13.5 Å². The summed E-state index contributed by atoms with van der Waals surface area (Å²) >= 11 is 0. The van der Waals surface area contributed by atoms with Gasteiger partial charge in [-0.2, -0.15) is 5.26 Å². The Labute approximate surface area is 134 Å². The van der Waals surface area contributed by atoms with E-state index in [9.17, 15) is 0 Å². The van der Waals surface area contributed by atoms with Crippen molar-refractivity contribution in [1.82, 2.24) is 15.0 Å². The molecule has 0 bridgehead atoms. The Balaban J connectivity index is 1.85. The molecule has 0 saturated heterocycles. The largest absolute Gasteiger partial charge is 0.494 e. The van der Waals surface area contributed by atoms with E-state index in [0.29, 0.717) is 18.7 Å². The molecule has 23 heavy (non-hydrogen) atoms. The first-order valence-electron chi connectivity index (χ1n) is 7.41. The van der Waals surface area contributed by atoms with Crippen LogP contribution >= 0.6 is 0 Å². The topological polar surface area (TPSA) is 63.7 Å². The van der Waals surface area contributed by atoms with E-state index in [1.165, 1.54) is 0 Å². The molecule has 0 amide bonds. The number of ether oxygens (including phenoxy) is 1. The van der Waals surface area contributed by atoms with Crippen LogP contribution in [0, 0.1) is 11.3 Å². The summed E-state index contributed by atoms with van der Waals surface area (Å²) in [5, 5.41) is 17.2. The highest BCUT2D eigenvalue weighted by Crippen LogP contribution is 2.22. The van der Waals surface area contributed by atoms with Crippen LogP contribution in [-0.2, 0) is 6.54 Å². The fourth-order valence-electron chi connectivity index (χ4n) is 2.40. The Morgan fingerprint density at radius 2 is 2.00 bits per heavy atom. The van der Waals surface area contributed by atoms with Gasteiger partial charge in [0.05, 0.1) is 36.7 Å². The van der Waals surface area contributed by atoms with Crippen molar-refractivity contribution in [2.75, 3.05) is 6.61 Å². The average Bonchev–Trinajstić information content (AvgIpc) is 3.04. The molecule has 114 valence electrons. The second kappa shape index (κ2) is 6.75. The van der Waals surface area contributed by atoms with Gasteiger partial charge in [0, 0.05) is 5.56 Å². The van der Waals surface area contributed by atoms with E-state index in [4.69, 9.17) is 10.00 Å². The molecular formula is C18H16N4O. The fraction of sp³-hybridized carbons (Fsp3) is 0.167. The maximum Gasteiger partial charge on any atom is 0.119 e. The number of benzene rings is 2. The smallest absolute Gasteiger partial charge is 0.119 e.